The monoisotopic (exact) mass is 762 g/mol. The second-order valence-electron chi connectivity index (χ2n) is 16.4. The zero-order chi connectivity index (χ0) is 35.7. The molecule has 0 unspecified atom stereocenters. The SMILES string of the molecule is COc1ccc(/C(B2OC(C)(C)C(C)(C)O2)=[C](\c2cc(C(F)(F)F)cc(C(F)(F)F)c2)[Sn]([C](C)(C)C)([C](C)(C)C)[C](C)(C)C)cc1. The van der Waals surface area contributed by atoms with Crippen molar-refractivity contribution in [2.75, 3.05) is 7.11 Å². The van der Waals surface area contributed by atoms with Crippen LogP contribution in [-0.2, 0) is 21.7 Å². The summed E-state index contributed by atoms with van der Waals surface area (Å²) in [5.74, 6) is 0.550. The van der Waals surface area contributed by atoms with Gasteiger partial charge in [0.25, 0.3) is 0 Å². The van der Waals surface area contributed by atoms with Crippen molar-refractivity contribution in [2.45, 2.75) is 124 Å². The van der Waals surface area contributed by atoms with Crippen LogP contribution in [0.2, 0.25) is 10.3 Å². The molecule has 0 spiro atoms. The van der Waals surface area contributed by atoms with Gasteiger partial charge in [0.05, 0.1) is 0 Å². The number of ether oxygens (including phenoxy) is 1. The summed E-state index contributed by atoms with van der Waals surface area (Å²) in [4.78, 5) is 0. The van der Waals surface area contributed by atoms with Crippen LogP contribution in [0.3, 0.4) is 0 Å². The second kappa shape index (κ2) is 12.0. The fourth-order valence-corrected chi connectivity index (χ4v) is 37.5. The van der Waals surface area contributed by atoms with Crippen molar-refractivity contribution in [3.8, 4) is 5.75 Å². The molecule has 0 saturated carbocycles. The molecule has 0 radical (unpaired) electrons. The first-order valence-electron chi connectivity index (χ1n) is 15.5. The summed E-state index contributed by atoms with van der Waals surface area (Å²) in [5, 5.41) is 0. The van der Waals surface area contributed by atoms with E-state index in [1.807, 2.05) is 27.7 Å². The Morgan fingerprint density at radius 2 is 1.00 bits per heavy atom. The van der Waals surface area contributed by atoms with Crippen LogP contribution < -0.4 is 4.74 Å². The summed E-state index contributed by atoms with van der Waals surface area (Å²) in [5.41, 5.74) is -3.44. The van der Waals surface area contributed by atoms with Crippen LogP contribution in [0.15, 0.2) is 42.5 Å². The van der Waals surface area contributed by atoms with Crippen LogP contribution in [0, 0.1) is 0 Å². The molecule has 2 aromatic carbocycles. The first-order valence-corrected chi connectivity index (χ1v) is 21.2. The van der Waals surface area contributed by atoms with Crippen molar-refractivity contribution < 1.29 is 40.4 Å². The van der Waals surface area contributed by atoms with Crippen molar-refractivity contribution >= 4 is 34.6 Å². The Morgan fingerprint density at radius 1 is 0.630 bits per heavy atom. The molecule has 0 atom stereocenters. The summed E-state index contributed by atoms with van der Waals surface area (Å²) in [6.07, 6.45) is -10.0. The molecular weight excluding hydrogens is 712 g/mol. The Labute approximate surface area is 275 Å². The van der Waals surface area contributed by atoms with E-state index in [2.05, 4.69) is 62.3 Å². The number of methoxy groups -OCH3 is 1. The van der Waals surface area contributed by atoms with Crippen LogP contribution >= 0.6 is 0 Å². The van der Waals surface area contributed by atoms with Crippen LogP contribution in [0.4, 0.5) is 26.3 Å². The van der Waals surface area contributed by atoms with Crippen molar-refractivity contribution in [3.05, 3.63) is 64.7 Å². The number of halogens is 6. The van der Waals surface area contributed by atoms with Crippen molar-refractivity contribution in [1.29, 1.82) is 0 Å². The van der Waals surface area contributed by atoms with Crippen molar-refractivity contribution in [3.63, 3.8) is 0 Å². The van der Waals surface area contributed by atoms with E-state index in [1.54, 1.807) is 24.3 Å². The summed E-state index contributed by atoms with van der Waals surface area (Å²) in [6, 6.07) is 9.01. The van der Waals surface area contributed by atoms with E-state index in [9.17, 15) is 26.3 Å². The molecule has 46 heavy (non-hydrogen) atoms. The van der Waals surface area contributed by atoms with Crippen molar-refractivity contribution in [2.24, 2.45) is 0 Å². The normalized spacial score (nSPS) is 18.5. The Hall–Kier alpha value is -1.66. The van der Waals surface area contributed by atoms with Gasteiger partial charge in [0, 0.05) is 0 Å². The molecule has 1 aliphatic heterocycles. The Morgan fingerprint density at radius 3 is 1.30 bits per heavy atom. The van der Waals surface area contributed by atoms with Gasteiger partial charge in [-0.2, -0.15) is 0 Å². The molecule has 1 heterocycles. The standard InChI is InChI=1S/C23H22BF6O3.3C4H9.Sn/c1-20(2)21(3,4)33-24(32-20)19(15-6-8-18(31-5)9-7-15)12-14-10-16(22(25,26)27)13-17(11-14)23(28,29)30;3*1-4(2)3;/h6-11,13H,1-5H3;3*1-3H3;. The Kier molecular flexibility index (Phi) is 10.2. The first-order chi connectivity index (χ1) is 20.4. The van der Waals surface area contributed by atoms with E-state index in [0.29, 0.717) is 20.4 Å². The summed E-state index contributed by atoms with van der Waals surface area (Å²) >= 11 is -4.59. The molecule has 3 nitrogen and oxygen atoms in total. The van der Waals surface area contributed by atoms with Gasteiger partial charge in [0.2, 0.25) is 0 Å². The number of hydrogen-bond donors (Lipinski definition) is 0. The molecule has 0 amide bonds. The minimum absolute atomic E-state index is 0.0988. The third kappa shape index (κ3) is 6.91. The van der Waals surface area contributed by atoms with E-state index in [4.69, 9.17) is 14.0 Å². The molecule has 1 saturated heterocycles. The molecule has 0 bridgehead atoms. The van der Waals surface area contributed by atoms with Gasteiger partial charge in [-0.15, -0.1) is 0 Å². The fourth-order valence-electron chi connectivity index (χ4n) is 8.30. The Bertz CT molecular complexity index is 1370. The van der Waals surface area contributed by atoms with Crippen LogP contribution in [0.5, 0.6) is 5.75 Å². The fraction of sp³-hybridized carbons (Fsp3) is 0.600. The van der Waals surface area contributed by atoms with E-state index >= 15 is 0 Å². The van der Waals surface area contributed by atoms with Gasteiger partial charge in [-0.3, -0.25) is 0 Å². The number of hydrogen-bond acceptors (Lipinski definition) is 3. The van der Waals surface area contributed by atoms with E-state index in [1.165, 1.54) is 7.11 Å². The van der Waals surface area contributed by atoms with Crippen LogP contribution in [0.1, 0.15) is 112 Å². The van der Waals surface area contributed by atoms with Gasteiger partial charge in [-0.25, -0.2) is 0 Å². The molecule has 0 aromatic heterocycles. The van der Waals surface area contributed by atoms with Crippen molar-refractivity contribution in [1.82, 2.24) is 0 Å². The number of benzene rings is 2. The summed E-state index contributed by atoms with van der Waals surface area (Å²) in [6.45, 7) is 26.2. The maximum absolute atomic E-state index is 14.5. The molecule has 3 rings (SSSR count). The zero-order valence-electron chi connectivity index (χ0n) is 29.6. The maximum atomic E-state index is 14.5. The average molecular weight is 761 g/mol. The molecule has 0 aliphatic carbocycles. The van der Waals surface area contributed by atoms with Gasteiger partial charge < -0.3 is 0 Å². The van der Waals surface area contributed by atoms with Crippen LogP contribution in [-0.4, -0.2) is 43.8 Å². The predicted molar refractivity (Wildman–Crippen MR) is 177 cm³/mol. The van der Waals surface area contributed by atoms with E-state index < -0.39 is 70.5 Å². The van der Waals surface area contributed by atoms with E-state index in [-0.39, 0.29) is 11.6 Å². The average Bonchev–Trinajstić information content (AvgIpc) is 3.06. The molecule has 2 aromatic rings. The quantitative estimate of drug-likeness (QED) is 0.173. The topological polar surface area (TPSA) is 27.7 Å². The summed E-state index contributed by atoms with van der Waals surface area (Å²) < 4.78 is 105. The molecule has 256 valence electrons. The third-order valence-electron chi connectivity index (χ3n) is 9.79. The van der Waals surface area contributed by atoms with Gasteiger partial charge in [-0.05, 0) is 0 Å². The number of alkyl halides is 6. The third-order valence-corrected chi connectivity index (χ3v) is 32.8. The predicted octanol–water partition coefficient (Wildman–Crippen LogP) is 11.7. The molecule has 11 heteroatoms. The van der Waals surface area contributed by atoms with Gasteiger partial charge in [0.15, 0.2) is 0 Å². The molecule has 1 aliphatic rings. The molecule has 0 N–H and O–H groups in total. The summed E-state index contributed by atoms with van der Waals surface area (Å²) in [7, 11) is 0.438. The number of rotatable bonds is 5. The minimum atomic E-state index is -5.02. The molecule has 1 fully saturated rings. The zero-order valence-corrected chi connectivity index (χ0v) is 32.5. The van der Waals surface area contributed by atoms with E-state index in [0.717, 1.165) is 12.1 Å². The first kappa shape index (κ1) is 38.8. The molecular formula is C35H49BF6O3Sn. The Balaban J connectivity index is 2.83. The van der Waals surface area contributed by atoms with Gasteiger partial charge >= 0.3 is 276 Å². The van der Waals surface area contributed by atoms with Crippen LogP contribution in [0.25, 0.3) is 9.06 Å². The second-order valence-corrected chi connectivity index (χ2v) is 35.0. The van der Waals surface area contributed by atoms with Gasteiger partial charge in [-0.1, -0.05) is 0 Å². The van der Waals surface area contributed by atoms with Gasteiger partial charge in [0.1, 0.15) is 0 Å².